The van der Waals surface area contributed by atoms with Crippen molar-refractivity contribution in [2.24, 2.45) is 0 Å². The first kappa shape index (κ1) is 24.9. The molecule has 0 spiro atoms. The molecule has 0 bridgehead atoms. The number of hydrogen-bond acceptors (Lipinski definition) is 5. The predicted molar refractivity (Wildman–Crippen MR) is 131 cm³/mol. The fourth-order valence-corrected chi connectivity index (χ4v) is 4.23. The molecule has 0 saturated carbocycles. The number of rotatable bonds is 9. The Balaban J connectivity index is 1.68. The van der Waals surface area contributed by atoms with Crippen LogP contribution in [0.15, 0.2) is 64.7 Å². The number of nitrogens with one attached hydrogen (secondary N) is 2. The molecule has 0 saturated heterocycles. The molecule has 2 aromatic carbocycles. The largest absolute Gasteiger partial charge is 0.342 e. The number of carbonyl (C=O) groups is 2. The lowest BCUT2D eigenvalue weighted by Gasteiger charge is -2.15. The molecular formula is C22H20BrClFN5O2S. The lowest BCUT2D eigenvalue weighted by atomic mass is 10.2. The van der Waals surface area contributed by atoms with E-state index < -0.39 is 17.8 Å². The third-order valence-corrected chi connectivity index (χ3v) is 6.24. The highest BCUT2D eigenvalue weighted by Crippen LogP contribution is 2.23. The molecule has 0 aliphatic rings. The topological polar surface area (TPSA) is 88.9 Å². The van der Waals surface area contributed by atoms with Gasteiger partial charge in [-0.3, -0.25) is 9.59 Å². The fraction of sp³-hybridized carbons (Fsp3) is 0.182. The Morgan fingerprint density at radius 3 is 2.76 bits per heavy atom. The number of benzene rings is 2. The van der Waals surface area contributed by atoms with Crippen LogP contribution in [0.1, 0.15) is 29.1 Å². The molecular weight excluding hydrogens is 533 g/mol. The van der Waals surface area contributed by atoms with Crippen LogP contribution < -0.4 is 10.6 Å². The van der Waals surface area contributed by atoms with Crippen LogP contribution in [0, 0.1) is 5.82 Å². The van der Waals surface area contributed by atoms with E-state index in [9.17, 15) is 14.0 Å². The Kier molecular flexibility index (Phi) is 8.65. The fourth-order valence-electron chi connectivity index (χ4n) is 2.92. The van der Waals surface area contributed by atoms with E-state index in [1.165, 1.54) is 12.1 Å². The summed E-state index contributed by atoms with van der Waals surface area (Å²) in [6.45, 7) is 5.90. The summed E-state index contributed by atoms with van der Waals surface area (Å²) < 4.78 is 16.3. The molecule has 1 aromatic heterocycles. The SMILES string of the molecule is C=CCn1c(SCC(=O)Nc2ccc(Br)cc2F)nnc1[C@@H](C)NC(=O)c1ccccc1Cl. The van der Waals surface area contributed by atoms with Gasteiger partial charge in [-0.2, -0.15) is 0 Å². The van der Waals surface area contributed by atoms with Gasteiger partial charge in [0.05, 0.1) is 28.1 Å². The Morgan fingerprint density at radius 1 is 1.30 bits per heavy atom. The molecule has 0 unspecified atom stereocenters. The number of halogens is 3. The van der Waals surface area contributed by atoms with E-state index in [1.807, 2.05) is 0 Å². The van der Waals surface area contributed by atoms with Gasteiger partial charge in [-0.25, -0.2) is 4.39 Å². The number of hydrogen-bond donors (Lipinski definition) is 2. The highest BCUT2D eigenvalue weighted by molar-refractivity contribution is 9.10. The average Bonchev–Trinajstić information content (AvgIpc) is 3.17. The van der Waals surface area contributed by atoms with Crippen LogP contribution in [0.2, 0.25) is 5.02 Å². The number of allylic oxidation sites excluding steroid dienone is 1. The van der Waals surface area contributed by atoms with E-state index in [2.05, 4.69) is 43.3 Å². The maximum absolute atomic E-state index is 14.0. The Bertz CT molecular complexity index is 1190. The van der Waals surface area contributed by atoms with Gasteiger partial charge in [0.2, 0.25) is 5.91 Å². The Morgan fingerprint density at radius 2 is 2.06 bits per heavy atom. The molecule has 2 amide bonds. The number of thioether (sulfide) groups is 1. The Labute approximate surface area is 207 Å². The second-order valence-corrected chi connectivity index (χ2v) is 9.14. The lowest BCUT2D eigenvalue weighted by Crippen LogP contribution is -2.29. The molecule has 3 rings (SSSR count). The normalized spacial score (nSPS) is 11.6. The van der Waals surface area contributed by atoms with Gasteiger partial charge in [0, 0.05) is 11.0 Å². The van der Waals surface area contributed by atoms with E-state index in [0.29, 0.717) is 32.6 Å². The van der Waals surface area contributed by atoms with Crippen molar-refractivity contribution in [2.75, 3.05) is 11.1 Å². The molecule has 11 heteroatoms. The van der Waals surface area contributed by atoms with Gasteiger partial charge < -0.3 is 15.2 Å². The molecule has 33 heavy (non-hydrogen) atoms. The molecule has 2 N–H and O–H groups in total. The first-order valence-corrected chi connectivity index (χ1v) is 11.9. The van der Waals surface area contributed by atoms with Crippen molar-refractivity contribution in [1.82, 2.24) is 20.1 Å². The molecule has 0 aliphatic carbocycles. The van der Waals surface area contributed by atoms with Gasteiger partial charge in [-0.05, 0) is 37.3 Å². The minimum absolute atomic E-state index is 0.00879. The zero-order valence-corrected chi connectivity index (χ0v) is 20.7. The van der Waals surface area contributed by atoms with Crippen molar-refractivity contribution in [1.29, 1.82) is 0 Å². The van der Waals surface area contributed by atoms with Gasteiger partial charge in [0.15, 0.2) is 11.0 Å². The van der Waals surface area contributed by atoms with E-state index in [-0.39, 0.29) is 17.3 Å². The number of anilines is 1. The van der Waals surface area contributed by atoms with Crippen LogP contribution in [-0.4, -0.2) is 32.3 Å². The number of carbonyl (C=O) groups excluding carboxylic acids is 2. The number of amides is 2. The summed E-state index contributed by atoms with van der Waals surface area (Å²) in [6.07, 6.45) is 1.66. The third kappa shape index (κ3) is 6.43. The number of nitrogens with zero attached hydrogens (tertiary/aromatic N) is 3. The molecule has 1 heterocycles. The molecule has 7 nitrogen and oxygen atoms in total. The summed E-state index contributed by atoms with van der Waals surface area (Å²) in [5.74, 6) is -0.784. The van der Waals surface area contributed by atoms with Crippen LogP contribution in [0.3, 0.4) is 0 Å². The molecule has 0 fully saturated rings. The smallest absolute Gasteiger partial charge is 0.253 e. The van der Waals surface area contributed by atoms with Crippen molar-refractivity contribution in [3.63, 3.8) is 0 Å². The van der Waals surface area contributed by atoms with Gasteiger partial charge in [-0.1, -0.05) is 57.5 Å². The van der Waals surface area contributed by atoms with E-state index in [0.717, 1.165) is 11.8 Å². The summed E-state index contributed by atoms with van der Waals surface area (Å²) >= 11 is 10.4. The van der Waals surface area contributed by atoms with Crippen molar-refractivity contribution in [3.8, 4) is 0 Å². The molecule has 1 atom stereocenters. The maximum Gasteiger partial charge on any atom is 0.253 e. The number of aromatic nitrogens is 3. The monoisotopic (exact) mass is 551 g/mol. The quantitative estimate of drug-likeness (QED) is 0.280. The third-order valence-electron chi connectivity index (χ3n) is 4.45. The van der Waals surface area contributed by atoms with Crippen LogP contribution in [0.5, 0.6) is 0 Å². The summed E-state index contributed by atoms with van der Waals surface area (Å²) in [4.78, 5) is 24.9. The van der Waals surface area contributed by atoms with Crippen molar-refractivity contribution < 1.29 is 14.0 Å². The van der Waals surface area contributed by atoms with Gasteiger partial charge in [0.1, 0.15) is 5.82 Å². The van der Waals surface area contributed by atoms with Crippen LogP contribution in [0.4, 0.5) is 10.1 Å². The minimum Gasteiger partial charge on any atom is -0.342 e. The van der Waals surface area contributed by atoms with E-state index in [4.69, 9.17) is 11.6 Å². The van der Waals surface area contributed by atoms with E-state index in [1.54, 1.807) is 47.9 Å². The van der Waals surface area contributed by atoms with Crippen LogP contribution in [-0.2, 0) is 11.3 Å². The second-order valence-electron chi connectivity index (χ2n) is 6.88. The first-order valence-electron chi connectivity index (χ1n) is 9.77. The molecule has 0 aliphatic heterocycles. The minimum atomic E-state index is -0.539. The van der Waals surface area contributed by atoms with Crippen molar-refractivity contribution >= 4 is 56.8 Å². The highest BCUT2D eigenvalue weighted by atomic mass is 79.9. The maximum atomic E-state index is 14.0. The summed E-state index contributed by atoms with van der Waals surface area (Å²) in [5.41, 5.74) is 0.445. The van der Waals surface area contributed by atoms with Gasteiger partial charge in [0.25, 0.3) is 5.91 Å². The highest BCUT2D eigenvalue weighted by Gasteiger charge is 2.21. The molecule has 0 radical (unpaired) electrons. The summed E-state index contributed by atoms with van der Waals surface area (Å²) in [6, 6.07) is 10.6. The zero-order chi connectivity index (χ0) is 24.0. The second kappa shape index (κ2) is 11.4. The van der Waals surface area contributed by atoms with E-state index >= 15 is 0 Å². The van der Waals surface area contributed by atoms with Crippen LogP contribution in [0.25, 0.3) is 0 Å². The predicted octanol–water partition coefficient (Wildman–Crippen LogP) is 5.24. The lowest BCUT2D eigenvalue weighted by molar-refractivity contribution is -0.113. The standard InChI is InChI=1S/C22H20BrClFN5O2S/c1-3-10-30-20(13(2)26-21(32)15-6-4-5-7-16(15)24)28-29-22(30)33-12-19(31)27-18-9-8-14(23)11-17(18)25/h3-9,11,13H,1,10,12H2,2H3,(H,26,32)(H,27,31)/t13-/m1/s1. The summed E-state index contributed by atoms with van der Waals surface area (Å²) in [5, 5.41) is 14.5. The molecule has 172 valence electrons. The summed E-state index contributed by atoms with van der Waals surface area (Å²) in [7, 11) is 0. The van der Waals surface area contributed by atoms with Gasteiger partial charge >= 0.3 is 0 Å². The van der Waals surface area contributed by atoms with Crippen molar-refractivity contribution in [2.45, 2.75) is 24.7 Å². The van der Waals surface area contributed by atoms with Crippen LogP contribution >= 0.6 is 39.3 Å². The average molecular weight is 553 g/mol. The van der Waals surface area contributed by atoms with Crippen molar-refractivity contribution in [3.05, 3.63) is 81.8 Å². The molecule has 3 aromatic rings. The van der Waals surface area contributed by atoms with Gasteiger partial charge in [-0.15, -0.1) is 16.8 Å². The first-order chi connectivity index (χ1) is 15.8. The zero-order valence-electron chi connectivity index (χ0n) is 17.5. The Hall–Kier alpha value is -2.69.